The molecule has 1 heterocycles. The van der Waals surface area contributed by atoms with Crippen LogP contribution in [0.3, 0.4) is 0 Å². The topological polar surface area (TPSA) is 42.3 Å². The van der Waals surface area contributed by atoms with Crippen molar-refractivity contribution >= 4 is 21.6 Å². The molecule has 0 radical (unpaired) electrons. The number of aromatic nitrogens is 1. The van der Waals surface area contributed by atoms with E-state index in [0.717, 1.165) is 31.4 Å². The molecule has 2 aliphatic carbocycles. The lowest BCUT2D eigenvalue weighted by Crippen LogP contribution is -2.34. The van der Waals surface area contributed by atoms with E-state index in [1.54, 1.807) is 19.3 Å². The summed E-state index contributed by atoms with van der Waals surface area (Å²) in [6.07, 6.45) is 7.53. The van der Waals surface area contributed by atoms with Crippen LogP contribution in [-0.2, 0) is 15.9 Å². The van der Waals surface area contributed by atoms with Gasteiger partial charge in [-0.2, -0.15) is 0 Å². The van der Waals surface area contributed by atoms with E-state index in [1.807, 2.05) is 4.57 Å². The molecule has 0 aromatic carbocycles. The van der Waals surface area contributed by atoms with Gasteiger partial charge in [0.2, 0.25) is 10.0 Å². The Morgan fingerprint density at radius 2 is 2.05 bits per heavy atom. The van der Waals surface area contributed by atoms with Crippen molar-refractivity contribution in [2.45, 2.75) is 48.9 Å². The Bertz CT molecular complexity index is 588. The normalized spacial score (nSPS) is 20.4. The molecular weight excluding hydrogens is 296 g/mol. The molecule has 0 unspecified atom stereocenters. The highest BCUT2D eigenvalue weighted by molar-refractivity contribution is 7.89. The summed E-state index contributed by atoms with van der Waals surface area (Å²) in [6, 6.07) is 2.18. The molecule has 112 valence electrons. The summed E-state index contributed by atoms with van der Waals surface area (Å²) in [5.41, 5.74) is 0.907. The van der Waals surface area contributed by atoms with Crippen LogP contribution in [0.15, 0.2) is 17.2 Å². The maximum atomic E-state index is 12.6. The van der Waals surface area contributed by atoms with Crippen molar-refractivity contribution in [1.82, 2.24) is 8.87 Å². The van der Waals surface area contributed by atoms with Gasteiger partial charge in [-0.1, -0.05) is 6.42 Å². The van der Waals surface area contributed by atoms with Crippen LogP contribution < -0.4 is 0 Å². The summed E-state index contributed by atoms with van der Waals surface area (Å²) in [4.78, 5) is 0.391. The second-order valence-electron chi connectivity index (χ2n) is 6.02. The summed E-state index contributed by atoms with van der Waals surface area (Å²) < 4.78 is 28.7. The first-order chi connectivity index (χ1) is 9.52. The fourth-order valence-electron chi connectivity index (χ4n) is 2.75. The fourth-order valence-corrected chi connectivity index (χ4v) is 4.27. The minimum Gasteiger partial charge on any atom is -0.346 e. The highest BCUT2D eigenvalue weighted by Crippen LogP contribution is 2.38. The zero-order valence-corrected chi connectivity index (χ0v) is 13.3. The van der Waals surface area contributed by atoms with Crippen molar-refractivity contribution in [3.05, 3.63) is 18.0 Å². The summed E-state index contributed by atoms with van der Waals surface area (Å²) >= 11 is 5.93. The molecular formula is C14H21ClN2O2S. The van der Waals surface area contributed by atoms with E-state index in [1.165, 1.54) is 10.7 Å². The Morgan fingerprint density at radius 1 is 1.35 bits per heavy atom. The van der Waals surface area contributed by atoms with E-state index < -0.39 is 10.0 Å². The molecule has 0 saturated heterocycles. The van der Waals surface area contributed by atoms with Crippen LogP contribution in [0.25, 0.3) is 0 Å². The van der Waals surface area contributed by atoms with Crippen LogP contribution in [0.2, 0.25) is 0 Å². The van der Waals surface area contributed by atoms with Crippen LogP contribution >= 0.6 is 11.6 Å². The third kappa shape index (κ3) is 2.63. The van der Waals surface area contributed by atoms with Crippen LogP contribution in [0.5, 0.6) is 0 Å². The summed E-state index contributed by atoms with van der Waals surface area (Å²) in [6.45, 7) is 0.632. The van der Waals surface area contributed by atoms with Crippen LogP contribution in [0.4, 0.5) is 0 Å². The fraction of sp³-hybridized carbons (Fsp3) is 0.714. The molecule has 0 N–H and O–H groups in total. The van der Waals surface area contributed by atoms with E-state index in [4.69, 9.17) is 11.6 Å². The SMILES string of the molecule is CN(CC1CCC1)S(=O)(=O)c1cc(CCl)n(C2CC2)c1. The van der Waals surface area contributed by atoms with Gasteiger partial charge in [0.15, 0.2) is 0 Å². The predicted molar refractivity (Wildman–Crippen MR) is 79.4 cm³/mol. The van der Waals surface area contributed by atoms with E-state index in [9.17, 15) is 8.42 Å². The highest BCUT2D eigenvalue weighted by Gasteiger charge is 2.31. The largest absolute Gasteiger partial charge is 0.346 e. The number of hydrogen-bond donors (Lipinski definition) is 0. The zero-order chi connectivity index (χ0) is 14.3. The molecule has 2 aliphatic rings. The number of halogens is 1. The number of nitrogens with zero attached hydrogens (tertiary/aromatic N) is 2. The van der Waals surface area contributed by atoms with E-state index in [0.29, 0.717) is 29.3 Å². The van der Waals surface area contributed by atoms with Crippen molar-refractivity contribution in [3.63, 3.8) is 0 Å². The smallest absolute Gasteiger partial charge is 0.244 e. The first-order valence-electron chi connectivity index (χ1n) is 7.25. The van der Waals surface area contributed by atoms with Gasteiger partial charge in [0.05, 0.1) is 5.88 Å². The monoisotopic (exact) mass is 316 g/mol. The Morgan fingerprint density at radius 3 is 2.55 bits per heavy atom. The van der Waals surface area contributed by atoms with Crippen molar-refractivity contribution in [2.24, 2.45) is 5.92 Å². The number of sulfonamides is 1. The Balaban J connectivity index is 1.82. The van der Waals surface area contributed by atoms with Gasteiger partial charge in [-0.05, 0) is 37.7 Å². The zero-order valence-electron chi connectivity index (χ0n) is 11.8. The quantitative estimate of drug-likeness (QED) is 0.757. The van der Waals surface area contributed by atoms with Crippen molar-refractivity contribution < 1.29 is 8.42 Å². The van der Waals surface area contributed by atoms with Crippen molar-refractivity contribution in [2.75, 3.05) is 13.6 Å². The summed E-state index contributed by atoms with van der Waals surface area (Å²) in [5, 5.41) is 0. The van der Waals surface area contributed by atoms with E-state index >= 15 is 0 Å². The van der Waals surface area contributed by atoms with E-state index in [-0.39, 0.29) is 0 Å². The molecule has 1 aromatic rings. The minimum absolute atomic E-state index is 0.359. The van der Waals surface area contributed by atoms with Gasteiger partial charge in [-0.25, -0.2) is 12.7 Å². The lowest BCUT2D eigenvalue weighted by molar-refractivity contribution is 0.263. The average molecular weight is 317 g/mol. The Hall–Kier alpha value is -0.520. The second-order valence-corrected chi connectivity index (χ2v) is 8.33. The third-order valence-electron chi connectivity index (χ3n) is 4.43. The van der Waals surface area contributed by atoms with Gasteiger partial charge in [0.25, 0.3) is 0 Å². The molecule has 0 spiro atoms. The Kier molecular flexibility index (Phi) is 3.86. The molecule has 20 heavy (non-hydrogen) atoms. The highest BCUT2D eigenvalue weighted by atomic mass is 35.5. The molecule has 2 saturated carbocycles. The first kappa shape index (κ1) is 14.4. The Labute approximate surface area is 125 Å². The second kappa shape index (κ2) is 5.35. The molecule has 4 nitrogen and oxygen atoms in total. The van der Waals surface area contributed by atoms with Gasteiger partial charge in [-0.3, -0.25) is 0 Å². The number of alkyl halides is 1. The molecule has 1 aromatic heterocycles. The third-order valence-corrected chi connectivity index (χ3v) is 6.49. The molecule has 0 amide bonds. The lowest BCUT2D eigenvalue weighted by atomic mass is 9.86. The van der Waals surface area contributed by atoms with Gasteiger partial charge in [-0.15, -0.1) is 11.6 Å². The van der Waals surface area contributed by atoms with Crippen LogP contribution in [0, 0.1) is 5.92 Å². The average Bonchev–Trinajstić information content (AvgIpc) is 3.12. The molecule has 0 aliphatic heterocycles. The molecule has 0 atom stereocenters. The standard InChI is InChI=1S/C14H21ClN2O2S/c1-16(9-11-3-2-4-11)20(18,19)14-7-13(8-15)17(10-14)12-5-6-12/h7,10-12H,2-6,8-9H2,1H3. The molecule has 6 heteroatoms. The maximum Gasteiger partial charge on any atom is 0.244 e. The lowest BCUT2D eigenvalue weighted by Gasteiger charge is -2.29. The number of rotatable bonds is 6. The molecule has 0 bridgehead atoms. The van der Waals surface area contributed by atoms with E-state index in [2.05, 4.69) is 0 Å². The minimum atomic E-state index is -3.37. The van der Waals surface area contributed by atoms with Crippen molar-refractivity contribution in [3.8, 4) is 0 Å². The maximum absolute atomic E-state index is 12.6. The van der Waals surface area contributed by atoms with Gasteiger partial charge < -0.3 is 4.57 Å². The molecule has 3 rings (SSSR count). The first-order valence-corrected chi connectivity index (χ1v) is 9.23. The molecule has 2 fully saturated rings. The van der Waals surface area contributed by atoms with Gasteiger partial charge in [0, 0.05) is 31.5 Å². The van der Waals surface area contributed by atoms with Crippen molar-refractivity contribution in [1.29, 1.82) is 0 Å². The predicted octanol–water partition coefficient (Wildman–Crippen LogP) is 2.98. The van der Waals surface area contributed by atoms with Crippen LogP contribution in [0.1, 0.15) is 43.8 Å². The summed E-state index contributed by atoms with van der Waals surface area (Å²) in [5.74, 6) is 0.894. The summed E-state index contributed by atoms with van der Waals surface area (Å²) in [7, 11) is -1.69. The van der Waals surface area contributed by atoms with Crippen LogP contribution in [-0.4, -0.2) is 30.9 Å². The van der Waals surface area contributed by atoms with Gasteiger partial charge >= 0.3 is 0 Å². The number of hydrogen-bond acceptors (Lipinski definition) is 2. The van der Waals surface area contributed by atoms with Gasteiger partial charge in [0.1, 0.15) is 4.90 Å².